The highest BCUT2D eigenvalue weighted by atomic mass is 16.2. The lowest BCUT2D eigenvalue weighted by atomic mass is 10.0. The Bertz CT molecular complexity index is 770. The highest BCUT2D eigenvalue weighted by molar-refractivity contribution is 5.82. The first-order chi connectivity index (χ1) is 13.0. The van der Waals surface area contributed by atoms with Crippen molar-refractivity contribution in [1.29, 1.82) is 0 Å². The number of carbonyl (C=O) groups excluding carboxylic acids is 1. The zero-order valence-corrected chi connectivity index (χ0v) is 16.8. The van der Waals surface area contributed by atoms with E-state index >= 15 is 0 Å². The van der Waals surface area contributed by atoms with Gasteiger partial charge in [0.1, 0.15) is 5.82 Å². The number of piperidine rings is 1. The number of aryl methyl sites for hydroxylation is 2. The first-order valence-electron chi connectivity index (χ1n) is 9.58. The Hall–Kier alpha value is -2.41. The third kappa shape index (κ3) is 4.47. The Kier molecular flexibility index (Phi) is 6.11. The van der Waals surface area contributed by atoms with E-state index < -0.39 is 0 Å². The highest BCUT2D eigenvalue weighted by Crippen LogP contribution is 2.22. The van der Waals surface area contributed by atoms with E-state index in [0.29, 0.717) is 6.54 Å². The van der Waals surface area contributed by atoms with E-state index in [2.05, 4.69) is 26.4 Å². The van der Waals surface area contributed by atoms with Crippen molar-refractivity contribution in [1.82, 2.24) is 25.0 Å². The van der Waals surface area contributed by atoms with Crippen LogP contribution in [0.3, 0.4) is 0 Å². The van der Waals surface area contributed by atoms with Gasteiger partial charge in [-0.25, -0.2) is 0 Å². The summed E-state index contributed by atoms with van der Waals surface area (Å²) in [4.78, 5) is 21.5. The van der Waals surface area contributed by atoms with Gasteiger partial charge in [0.2, 0.25) is 5.91 Å². The van der Waals surface area contributed by atoms with E-state index in [-0.39, 0.29) is 11.9 Å². The van der Waals surface area contributed by atoms with Crippen molar-refractivity contribution in [2.45, 2.75) is 45.3 Å². The SMILES string of the molecule is Cc1nn(C)c(N(C)C)c1CNC(=O)C1CCCCN1Cc1cccnc1. The largest absolute Gasteiger partial charge is 0.363 e. The molecule has 3 heterocycles. The molecule has 27 heavy (non-hydrogen) atoms. The lowest BCUT2D eigenvalue weighted by Crippen LogP contribution is -2.48. The molecule has 3 rings (SSSR count). The monoisotopic (exact) mass is 370 g/mol. The maximum Gasteiger partial charge on any atom is 0.237 e. The van der Waals surface area contributed by atoms with Crippen LogP contribution in [-0.4, -0.2) is 52.3 Å². The number of carbonyl (C=O) groups is 1. The normalized spacial score (nSPS) is 17.7. The van der Waals surface area contributed by atoms with E-state index in [1.807, 2.05) is 49.9 Å². The molecular weight excluding hydrogens is 340 g/mol. The Morgan fingerprint density at radius 1 is 1.37 bits per heavy atom. The van der Waals surface area contributed by atoms with Gasteiger partial charge in [0, 0.05) is 52.2 Å². The highest BCUT2D eigenvalue weighted by Gasteiger charge is 2.29. The van der Waals surface area contributed by atoms with Crippen molar-refractivity contribution in [2.24, 2.45) is 7.05 Å². The number of amides is 1. The molecule has 1 aliphatic heterocycles. The minimum atomic E-state index is -0.0845. The van der Waals surface area contributed by atoms with Gasteiger partial charge >= 0.3 is 0 Å². The summed E-state index contributed by atoms with van der Waals surface area (Å²) in [6, 6.07) is 3.93. The first-order valence-corrected chi connectivity index (χ1v) is 9.58. The molecule has 1 fully saturated rings. The Balaban J connectivity index is 1.67. The zero-order valence-electron chi connectivity index (χ0n) is 16.8. The summed E-state index contributed by atoms with van der Waals surface area (Å²) in [5.41, 5.74) is 3.18. The van der Waals surface area contributed by atoms with Crippen molar-refractivity contribution < 1.29 is 4.79 Å². The van der Waals surface area contributed by atoms with Crippen LogP contribution in [0.25, 0.3) is 0 Å². The summed E-state index contributed by atoms with van der Waals surface area (Å²) in [7, 11) is 5.93. The minimum absolute atomic E-state index is 0.0845. The first kappa shape index (κ1) is 19.4. The summed E-state index contributed by atoms with van der Waals surface area (Å²) >= 11 is 0. The molecule has 0 saturated carbocycles. The predicted molar refractivity (Wildman–Crippen MR) is 106 cm³/mol. The molecule has 1 atom stereocenters. The molecule has 0 spiro atoms. The van der Waals surface area contributed by atoms with E-state index in [1.165, 1.54) is 0 Å². The molecule has 1 N–H and O–H groups in total. The van der Waals surface area contributed by atoms with Gasteiger partial charge < -0.3 is 10.2 Å². The second kappa shape index (κ2) is 8.52. The molecule has 1 aliphatic rings. The fourth-order valence-corrected chi connectivity index (χ4v) is 3.95. The number of nitrogens with zero attached hydrogens (tertiary/aromatic N) is 5. The topological polar surface area (TPSA) is 66.3 Å². The van der Waals surface area contributed by atoms with E-state index in [9.17, 15) is 4.79 Å². The van der Waals surface area contributed by atoms with Gasteiger partial charge in [-0.05, 0) is 37.9 Å². The molecule has 2 aromatic rings. The standard InChI is InChI=1S/C20H30N6O/c1-15-17(20(24(2)3)25(4)23-15)13-22-19(27)18-9-5-6-11-26(18)14-16-8-7-10-21-12-16/h7-8,10,12,18H,5-6,9,11,13-14H2,1-4H3,(H,22,27). The Morgan fingerprint density at radius 2 is 2.19 bits per heavy atom. The van der Waals surface area contributed by atoms with Crippen LogP contribution in [0.15, 0.2) is 24.5 Å². The lowest BCUT2D eigenvalue weighted by Gasteiger charge is -2.34. The number of pyridine rings is 1. The molecular formula is C20H30N6O. The maximum atomic E-state index is 13.0. The van der Waals surface area contributed by atoms with Gasteiger partial charge in [-0.15, -0.1) is 0 Å². The quantitative estimate of drug-likeness (QED) is 0.841. The molecule has 0 radical (unpaired) electrons. The van der Waals surface area contributed by atoms with Gasteiger partial charge in [-0.2, -0.15) is 5.10 Å². The molecule has 0 bridgehead atoms. The molecule has 0 aromatic carbocycles. The van der Waals surface area contributed by atoms with E-state index in [0.717, 1.165) is 55.0 Å². The van der Waals surface area contributed by atoms with E-state index in [1.54, 1.807) is 6.20 Å². The van der Waals surface area contributed by atoms with Crippen molar-refractivity contribution in [3.05, 3.63) is 41.3 Å². The van der Waals surface area contributed by atoms with Crippen LogP contribution in [0.2, 0.25) is 0 Å². The number of rotatable bonds is 6. The molecule has 1 amide bonds. The van der Waals surface area contributed by atoms with Gasteiger partial charge in [0.05, 0.1) is 11.7 Å². The third-order valence-electron chi connectivity index (χ3n) is 5.20. The Labute approximate surface area is 161 Å². The summed E-state index contributed by atoms with van der Waals surface area (Å²) < 4.78 is 1.87. The smallest absolute Gasteiger partial charge is 0.237 e. The Morgan fingerprint density at radius 3 is 2.89 bits per heavy atom. The fraction of sp³-hybridized carbons (Fsp3) is 0.550. The molecule has 1 saturated heterocycles. The summed E-state index contributed by atoms with van der Waals surface area (Å²) in [5.74, 6) is 1.13. The predicted octanol–water partition coefficient (Wildman–Crippen LogP) is 1.86. The van der Waals surface area contributed by atoms with Crippen LogP contribution in [0.4, 0.5) is 5.82 Å². The number of anilines is 1. The van der Waals surface area contributed by atoms with E-state index in [4.69, 9.17) is 0 Å². The zero-order chi connectivity index (χ0) is 19.4. The van der Waals surface area contributed by atoms with Crippen LogP contribution < -0.4 is 10.2 Å². The van der Waals surface area contributed by atoms with Crippen LogP contribution in [0, 0.1) is 6.92 Å². The van der Waals surface area contributed by atoms with Gasteiger partial charge in [0.25, 0.3) is 0 Å². The van der Waals surface area contributed by atoms with Crippen molar-refractivity contribution in [2.75, 3.05) is 25.5 Å². The number of nitrogens with one attached hydrogen (secondary N) is 1. The third-order valence-corrected chi connectivity index (χ3v) is 5.20. The van der Waals surface area contributed by atoms with Gasteiger partial charge in [-0.1, -0.05) is 12.5 Å². The summed E-state index contributed by atoms with van der Waals surface area (Å²) in [6.45, 7) is 4.20. The average molecular weight is 371 g/mol. The van der Waals surface area contributed by atoms with Crippen LogP contribution in [0.1, 0.15) is 36.1 Å². The minimum Gasteiger partial charge on any atom is -0.363 e. The summed E-state index contributed by atoms with van der Waals surface area (Å²) in [6.07, 6.45) is 6.79. The lowest BCUT2D eigenvalue weighted by molar-refractivity contribution is -0.128. The molecule has 7 nitrogen and oxygen atoms in total. The van der Waals surface area contributed by atoms with Gasteiger partial charge in [0.15, 0.2) is 0 Å². The van der Waals surface area contributed by atoms with Crippen LogP contribution >= 0.6 is 0 Å². The number of hydrogen-bond donors (Lipinski definition) is 1. The second-order valence-corrected chi connectivity index (χ2v) is 7.47. The molecule has 2 aromatic heterocycles. The number of hydrogen-bond acceptors (Lipinski definition) is 5. The second-order valence-electron chi connectivity index (χ2n) is 7.47. The van der Waals surface area contributed by atoms with Gasteiger partial charge in [-0.3, -0.25) is 19.4 Å². The van der Waals surface area contributed by atoms with Crippen molar-refractivity contribution in [3.8, 4) is 0 Å². The summed E-state index contributed by atoms with van der Waals surface area (Å²) in [5, 5.41) is 7.66. The fourth-order valence-electron chi connectivity index (χ4n) is 3.95. The maximum absolute atomic E-state index is 13.0. The van der Waals surface area contributed by atoms with Crippen LogP contribution in [-0.2, 0) is 24.9 Å². The number of aromatic nitrogens is 3. The molecule has 146 valence electrons. The molecule has 0 aliphatic carbocycles. The van der Waals surface area contributed by atoms with Crippen molar-refractivity contribution in [3.63, 3.8) is 0 Å². The average Bonchev–Trinajstić information content (AvgIpc) is 2.94. The number of likely N-dealkylation sites (tertiary alicyclic amines) is 1. The molecule has 1 unspecified atom stereocenters. The molecule has 7 heteroatoms. The van der Waals surface area contributed by atoms with Crippen LogP contribution in [0.5, 0.6) is 0 Å². The van der Waals surface area contributed by atoms with Crippen molar-refractivity contribution >= 4 is 11.7 Å².